The van der Waals surface area contributed by atoms with Gasteiger partial charge in [0.15, 0.2) is 0 Å². The second kappa shape index (κ2) is 5.10. The van der Waals surface area contributed by atoms with Crippen LogP contribution in [-0.2, 0) is 9.53 Å². The molecule has 4 aliphatic rings. The third kappa shape index (κ3) is 1.96. The first-order valence-electron chi connectivity index (χ1n) is 9.69. The summed E-state index contributed by atoms with van der Waals surface area (Å²) in [7, 11) is 1.83. The second-order valence-electron chi connectivity index (χ2n) is 9.29. The molecule has 0 saturated heterocycles. The van der Waals surface area contributed by atoms with Gasteiger partial charge in [0.25, 0.3) is 0 Å². The number of allylic oxidation sites excluding steroid dienone is 2. The molecule has 23 heavy (non-hydrogen) atoms. The minimum Gasteiger partial charge on any atom is -0.501 e. The Labute approximate surface area is 141 Å². The average Bonchev–Trinajstić information content (AvgIpc) is 2.83. The first kappa shape index (κ1) is 15.7. The van der Waals surface area contributed by atoms with E-state index in [0.717, 1.165) is 37.0 Å². The van der Waals surface area contributed by atoms with E-state index in [2.05, 4.69) is 26.8 Å². The lowest BCUT2D eigenvalue weighted by Gasteiger charge is -2.60. The summed E-state index contributed by atoms with van der Waals surface area (Å²) >= 11 is 0. The number of ether oxygens (including phenoxy) is 1. The summed E-state index contributed by atoms with van der Waals surface area (Å²) in [6.07, 6.45) is 10.6. The number of carbonyl (C=O) groups is 1. The van der Waals surface area contributed by atoms with Gasteiger partial charge in [0, 0.05) is 17.8 Å². The minimum atomic E-state index is 0.0121. The van der Waals surface area contributed by atoms with Crippen LogP contribution in [0.4, 0.5) is 0 Å². The van der Waals surface area contributed by atoms with Crippen LogP contribution in [0.25, 0.3) is 0 Å². The monoisotopic (exact) mass is 316 g/mol. The maximum absolute atomic E-state index is 12.5. The van der Waals surface area contributed by atoms with Gasteiger partial charge in [-0.15, -0.1) is 0 Å². The molecule has 3 fully saturated rings. The van der Waals surface area contributed by atoms with Gasteiger partial charge < -0.3 is 4.74 Å². The molecule has 0 aromatic carbocycles. The zero-order valence-electron chi connectivity index (χ0n) is 15.2. The molecule has 7 atom stereocenters. The van der Waals surface area contributed by atoms with Gasteiger partial charge in [-0.1, -0.05) is 20.8 Å². The number of fused-ring (bicyclic) bond motifs is 5. The molecule has 3 saturated carbocycles. The maximum Gasteiger partial charge on any atom is 0.139 e. The Bertz CT molecular complexity index is 550. The first-order chi connectivity index (χ1) is 10.9. The second-order valence-corrected chi connectivity index (χ2v) is 9.29. The third-order valence-corrected chi connectivity index (χ3v) is 8.68. The number of hydrogen-bond donors (Lipinski definition) is 0. The van der Waals surface area contributed by atoms with Crippen LogP contribution in [0.2, 0.25) is 0 Å². The van der Waals surface area contributed by atoms with E-state index in [1.54, 1.807) is 0 Å². The van der Waals surface area contributed by atoms with Crippen molar-refractivity contribution in [2.75, 3.05) is 7.11 Å². The summed E-state index contributed by atoms with van der Waals surface area (Å²) < 4.78 is 5.65. The molecule has 0 N–H and O–H groups in total. The van der Waals surface area contributed by atoms with Crippen LogP contribution >= 0.6 is 0 Å². The molecular formula is C21H32O2. The van der Waals surface area contributed by atoms with Crippen LogP contribution < -0.4 is 0 Å². The quantitative estimate of drug-likeness (QED) is 0.681. The molecule has 0 radical (unpaired) electrons. The molecule has 0 aromatic heterocycles. The van der Waals surface area contributed by atoms with Crippen molar-refractivity contribution in [3.63, 3.8) is 0 Å². The molecule has 0 amide bonds. The van der Waals surface area contributed by atoms with Gasteiger partial charge in [-0.25, -0.2) is 0 Å². The highest BCUT2D eigenvalue weighted by molar-refractivity contribution is 5.87. The molecule has 0 unspecified atom stereocenters. The minimum absolute atomic E-state index is 0.0121. The summed E-state index contributed by atoms with van der Waals surface area (Å²) in [5, 5.41) is 0. The highest BCUT2D eigenvalue weighted by Gasteiger charge is 2.60. The van der Waals surface area contributed by atoms with Gasteiger partial charge >= 0.3 is 0 Å². The molecule has 0 aromatic rings. The van der Waals surface area contributed by atoms with Crippen LogP contribution in [-0.4, -0.2) is 12.9 Å². The number of methoxy groups -OCH3 is 1. The fourth-order valence-corrected chi connectivity index (χ4v) is 7.35. The average molecular weight is 316 g/mol. The van der Waals surface area contributed by atoms with E-state index in [-0.39, 0.29) is 5.41 Å². The van der Waals surface area contributed by atoms with Gasteiger partial charge in [0.05, 0.1) is 12.9 Å². The molecule has 128 valence electrons. The van der Waals surface area contributed by atoms with Crippen LogP contribution in [0.5, 0.6) is 0 Å². The molecule has 4 aliphatic carbocycles. The molecule has 4 rings (SSSR count). The zero-order chi connectivity index (χ0) is 16.4. The highest BCUT2D eigenvalue weighted by Crippen LogP contribution is 2.65. The molecule has 2 heteroatoms. The van der Waals surface area contributed by atoms with Gasteiger partial charge in [-0.05, 0) is 73.7 Å². The molecular weight excluding hydrogens is 284 g/mol. The number of ketones is 1. The van der Waals surface area contributed by atoms with Crippen molar-refractivity contribution in [2.45, 2.75) is 65.7 Å². The SMILES string of the molecule is COC1=CC[C@]2(C)[C@H]3CC[C@]4(C)C(=O)CC[C@H]4[C@@H]3CC[C@H]2[C@@H]1C. The topological polar surface area (TPSA) is 26.3 Å². The molecule has 2 nitrogen and oxygen atoms in total. The van der Waals surface area contributed by atoms with E-state index in [4.69, 9.17) is 4.74 Å². The summed E-state index contributed by atoms with van der Waals surface area (Å²) in [4.78, 5) is 12.5. The van der Waals surface area contributed by atoms with Crippen molar-refractivity contribution < 1.29 is 9.53 Å². The van der Waals surface area contributed by atoms with E-state index in [1.165, 1.54) is 31.4 Å². The van der Waals surface area contributed by atoms with Crippen molar-refractivity contribution in [3.05, 3.63) is 11.8 Å². The fourth-order valence-electron chi connectivity index (χ4n) is 7.35. The van der Waals surface area contributed by atoms with Crippen molar-refractivity contribution in [3.8, 4) is 0 Å². The first-order valence-corrected chi connectivity index (χ1v) is 9.69. The largest absolute Gasteiger partial charge is 0.501 e. The Morgan fingerprint density at radius 3 is 2.61 bits per heavy atom. The smallest absolute Gasteiger partial charge is 0.139 e. The van der Waals surface area contributed by atoms with Gasteiger partial charge in [-0.2, -0.15) is 0 Å². The predicted octanol–water partition coefficient (Wildman–Crippen LogP) is 4.98. The van der Waals surface area contributed by atoms with E-state index < -0.39 is 0 Å². The van der Waals surface area contributed by atoms with Gasteiger partial charge in [0.1, 0.15) is 5.78 Å². The van der Waals surface area contributed by atoms with Crippen molar-refractivity contribution in [1.82, 2.24) is 0 Å². The van der Waals surface area contributed by atoms with Crippen LogP contribution in [0.1, 0.15) is 65.7 Å². The Morgan fingerprint density at radius 2 is 1.87 bits per heavy atom. The van der Waals surface area contributed by atoms with Crippen LogP contribution in [0, 0.1) is 40.4 Å². The maximum atomic E-state index is 12.5. The number of Topliss-reactive ketones (excluding diaryl/α,β-unsaturated/α-hetero) is 1. The molecule has 0 spiro atoms. The summed E-state index contributed by atoms with van der Waals surface area (Å²) in [6.45, 7) is 7.20. The summed E-state index contributed by atoms with van der Waals surface area (Å²) in [6, 6.07) is 0. The van der Waals surface area contributed by atoms with Crippen LogP contribution in [0.3, 0.4) is 0 Å². The van der Waals surface area contributed by atoms with Gasteiger partial charge in [-0.3, -0.25) is 4.79 Å². The Hall–Kier alpha value is -0.790. The Balaban J connectivity index is 1.67. The summed E-state index contributed by atoms with van der Waals surface area (Å²) in [5.74, 6) is 5.33. The van der Waals surface area contributed by atoms with E-state index in [1.807, 2.05) is 7.11 Å². The summed E-state index contributed by atoms with van der Waals surface area (Å²) in [5.41, 5.74) is 0.426. The lowest BCUT2D eigenvalue weighted by atomic mass is 9.45. The number of rotatable bonds is 1. The Morgan fingerprint density at radius 1 is 1.09 bits per heavy atom. The lowest BCUT2D eigenvalue weighted by Crippen LogP contribution is -2.54. The van der Waals surface area contributed by atoms with Crippen molar-refractivity contribution in [2.24, 2.45) is 40.4 Å². The third-order valence-electron chi connectivity index (χ3n) is 8.68. The molecule has 0 heterocycles. The van der Waals surface area contributed by atoms with Crippen molar-refractivity contribution in [1.29, 1.82) is 0 Å². The van der Waals surface area contributed by atoms with Crippen LogP contribution in [0.15, 0.2) is 11.8 Å². The highest BCUT2D eigenvalue weighted by atomic mass is 16.5. The van der Waals surface area contributed by atoms with Gasteiger partial charge in [0.2, 0.25) is 0 Å². The predicted molar refractivity (Wildman–Crippen MR) is 91.8 cm³/mol. The van der Waals surface area contributed by atoms with E-state index in [0.29, 0.717) is 23.0 Å². The normalized spacial score (nSPS) is 52.3. The fraction of sp³-hybridized carbons (Fsp3) is 0.857. The van der Waals surface area contributed by atoms with E-state index >= 15 is 0 Å². The number of carbonyl (C=O) groups excluding carboxylic acids is 1. The standard InChI is InChI=1S/C21H32O2/c1-13-15-6-5-14-16-7-8-19(22)21(16,3)11-9-17(14)20(15,2)12-10-18(13)23-4/h10,13-17H,5-9,11-12H2,1-4H3/t13-,14-,15-,16-,17-,20-,21-/m0/s1. The molecule has 0 aliphatic heterocycles. The van der Waals surface area contributed by atoms with Crippen molar-refractivity contribution >= 4 is 5.78 Å². The lowest BCUT2D eigenvalue weighted by molar-refractivity contribution is -0.138. The number of hydrogen-bond acceptors (Lipinski definition) is 2. The van der Waals surface area contributed by atoms with E-state index in [9.17, 15) is 4.79 Å². The Kier molecular flexibility index (Phi) is 3.49. The zero-order valence-corrected chi connectivity index (χ0v) is 15.2. The molecule has 0 bridgehead atoms.